The summed E-state index contributed by atoms with van der Waals surface area (Å²) in [7, 11) is 0. The fourth-order valence-corrected chi connectivity index (χ4v) is 1.64. The maximum atomic E-state index is 11.8. The van der Waals surface area contributed by atoms with Gasteiger partial charge in [0.25, 0.3) is 0 Å². The molecule has 2 N–H and O–H groups in total. The highest BCUT2D eigenvalue weighted by Crippen LogP contribution is 2.15. The van der Waals surface area contributed by atoms with Gasteiger partial charge in [0.15, 0.2) is 6.10 Å². The van der Waals surface area contributed by atoms with Gasteiger partial charge >= 0.3 is 5.97 Å². The smallest absolute Gasteiger partial charge is 0.347 e. The number of benzene rings is 2. The van der Waals surface area contributed by atoms with Crippen molar-refractivity contribution in [3.63, 3.8) is 0 Å². The number of anilines is 1. The van der Waals surface area contributed by atoms with E-state index in [-0.39, 0.29) is 6.61 Å². The fourth-order valence-electron chi connectivity index (χ4n) is 1.64. The van der Waals surface area contributed by atoms with Crippen LogP contribution in [0.2, 0.25) is 0 Å². The van der Waals surface area contributed by atoms with Crippen molar-refractivity contribution < 1.29 is 14.3 Å². The van der Waals surface area contributed by atoms with Crippen LogP contribution in [0.5, 0.6) is 5.75 Å². The maximum Gasteiger partial charge on any atom is 0.347 e. The number of esters is 1. The van der Waals surface area contributed by atoms with Gasteiger partial charge in [0.2, 0.25) is 0 Å². The molecule has 4 nitrogen and oxygen atoms in total. The molecule has 0 heterocycles. The van der Waals surface area contributed by atoms with Crippen LogP contribution < -0.4 is 10.5 Å². The average molecular weight is 271 g/mol. The lowest BCUT2D eigenvalue weighted by molar-refractivity contribution is -0.152. The largest absolute Gasteiger partial charge is 0.479 e. The summed E-state index contributed by atoms with van der Waals surface area (Å²) in [4.78, 5) is 11.8. The molecule has 0 fully saturated rings. The zero-order valence-electron chi connectivity index (χ0n) is 11.3. The van der Waals surface area contributed by atoms with Crippen molar-refractivity contribution in [2.75, 3.05) is 5.73 Å². The number of nitrogen functional groups attached to an aromatic ring is 1. The molecule has 2 rings (SSSR count). The molecule has 1 unspecified atom stereocenters. The van der Waals surface area contributed by atoms with Gasteiger partial charge < -0.3 is 15.2 Å². The zero-order chi connectivity index (χ0) is 14.4. The predicted octanol–water partition coefficient (Wildman–Crippen LogP) is 2.78. The van der Waals surface area contributed by atoms with Gasteiger partial charge in [0.1, 0.15) is 12.4 Å². The number of nitrogens with two attached hydrogens (primary N) is 1. The normalized spacial score (nSPS) is 11.7. The molecule has 0 amide bonds. The number of rotatable bonds is 5. The summed E-state index contributed by atoms with van der Waals surface area (Å²) in [6, 6.07) is 16.4. The first-order valence-corrected chi connectivity index (χ1v) is 6.38. The Labute approximate surface area is 118 Å². The molecule has 2 aromatic carbocycles. The minimum atomic E-state index is -0.665. The molecule has 0 aliphatic heterocycles. The van der Waals surface area contributed by atoms with Crippen LogP contribution in [-0.2, 0) is 16.1 Å². The van der Waals surface area contributed by atoms with Gasteiger partial charge in [-0.3, -0.25) is 0 Å². The van der Waals surface area contributed by atoms with Gasteiger partial charge in [0, 0.05) is 5.69 Å². The molecule has 0 radical (unpaired) electrons. The van der Waals surface area contributed by atoms with E-state index in [0.29, 0.717) is 11.4 Å². The van der Waals surface area contributed by atoms with Crippen LogP contribution in [0.4, 0.5) is 5.69 Å². The number of carbonyl (C=O) groups excluding carboxylic acids is 1. The second kappa shape index (κ2) is 6.61. The summed E-state index contributed by atoms with van der Waals surface area (Å²) in [5.74, 6) is 0.189. The molecule has 0 saturated carbocycles. The fraction of sp³-hybridized carbons (Fsp3) is 0.188. The molecule has 0 aliphatic carbocycles. The van der Waals surface area contributed by atoms with Gasteiger partial charge in [-0.15, -0.1) is 0 Å². The molecule has 104 valence electrons. The summed E-state index contributed by atoms with van der Waals surface area (Å²) in [5.41, 5.74) is 7.18. The van der Waals surface area contributed by atoms with Crippen molar-refractivity contribution in [3.05, 3.63) is 60.2 Å². The van der Waals surface area contributed by atoms with Crippen molar-refractivity contribution >= 4 is 11.7 Å². The highest BCUT2D eigenvalue weighted by atomic mass is 16.6. The number of hydrogen-bond donors (Lipinski definition) is 1. The lowest BCUT2D eigenvalue weighted by Gasteiger charge is -2.14. The molecule has 0 aromatic heterocycles. The molecule has 0 saturated heterocycles. The Morgan fingerprint density at radius 3 is 2.40 bits per heavy atom. The minimum absolute atomic E-state index is 0.245. The van der Waals surface area contributed by atoms with Crippen LogP contribution in [0.3, 0.4) is 0 Å². The summed E-state index contributed by atoms with van der Waals surface area (Å²) in [6.07, 6.45) is -0.665. The van der Waals surface area contributed by atoms with Crippen LogP contribution in [0.25, 0.3) is 0 Å². The standard InChI is InChI=1S/C16H17NO3/c1-12(20-15-9-7-14(17)8-10-15)16(18)19-11-13-5-3-2-4-6-13/h2-10,12H,11,17H2,1H3. The number of hydrogen-bond acceptors (Lipinski definition) is 4. The van der Waals surface area contributed by atoms with Gasteiger partial charge in [-0.05, 0) is 36.8 Å². The van der Waals surface area contributed by atoms with E-state index in [1.807, 2.05) is 30.3 Å². The predicted molar refractivity (Wildman–Crippen MR) is 77.2 cm³/mol. The molecule has 1 atom stereocenters. The number of ether oxygens (including phenoxy) is 2. The lowest BCUT2D eigenvalue weighted by atomic mass is 10.2. The highest BCUT2D eigenvalue weighted by molar-refractivity contribution is 5.74. The molecule has 20 heavy (non-hydrogen) atoms. The topological polar surface area (TPSA) is 61.5 Å². The summed E-state index contributed by atoms with van der Waals surface area (Å²) in [6.45, 7) is 1.90. The monoisotopic (exact) mass is 271 g/mol. The Morgan fingerprint density at radius 1 is 1.10 bits per heavy atom. The van der Waals surface area contributed by atoms with Gasteiger partial charge in [-0.2, -0.15) is 0 Å². The third-order valence-corrected chi connectivity index (χ3v) is 2.75. The molecule has 0 aliphatic rings. The first-order valence-electron chi connectivity index (χ1n) is 6.38. The highest BCUT2D eigenvalue weighted by Gasteiger charge is 2.16. The van der Waals surface area contributed by atoms with Crippen molar-refractivity contribution in [2.24, 2.45) is 0 Å². The summed E-state index contributed by atoms with van der Waals surface area (Å²) < 4.78 is 10.7. The molecular formula is C16H17NO3. The Morgan fingerprint density at radius 2 is 1.75 bits per heavy atom. The van der Waals surface area contributed by atoms with E-state index < -0.39 is 12.1 Å². The summed E-state index contributed by atoms with van der Waals surface area (Å²) in [5, 5.41) is 0. The minimum Gasteiger partial charge on any atom is -0.479 e. The van der Waals surface area contributed by atoms with E-state index in [1.54, 1.807) is 31.2 Å². The van der Waals surface area contributed by atoms with Gasteiger partial charge in [-0.25, -0.2) is 4.79 Å². The Kier molecular flexibility index (Phi) is 4.60. The molecular weight excluding hydrogens is 254 g/mol. The van der Waals surface area contributed by atoms with Gasteiger partial charge in [0.05, 0.1) is 0 Å². The quantitative estimate of drug-likeness (QED) is 0.671. The van der Waals surface area contributed by atoms with Crippen molar-refractivity contribution in [1.82, 2.24) is 0 Å². The van der Waals surface area contributed by atoms with E-state index in [9.17, 15) is 4.79 Å². The second-order valence-electron chi connectivity index (χ2n) is 4.42. The first-order chi connectivity index (χ1) is 9.65. The van der Waals surface area contributed by atoms with Crippen molar-refractivity contribution in [2.45, 2.75) is 19.6 Å². The van der Waals surface area contributed by atoms with Crippen molar-refractivity contribution in [1.29, 1.82) is 0 Å². The SMILES string of the molecule is CC(Oc1ccc(N)cc1)C(=O)OCc1ccccc1. The Bertz CT molecular complexity index is 552. The van der Waals surface area contributed by atoms with Crippen LogP contribution >= 0.6 is 0 Å². The molecule has 0 bridgehead atoms. The van der Waals surface area contributed by atoms with Crippen LogP contribution in [0, 0.1) is 0 Å². The second-order valence-corrected chi connectivity index (χ2v) is 4.42. The average Bonchev–Trinajstić information content (AvgIpc) is 2.48. The molecule has 2 aromatic rings. The first kappa shape index (κ1) is 13.9. The third-order valence-electron chi connectivity index (χ3n) is 2.75. The summed E-state index contributed by atoms with van der Waals surface area (Å²) >= 11 is 0. The van der Waals surface area contributed by atoms with E-state index in [1.165, 1.54) is 0 Å². The van der Waals surface area contributed by atoms with E-state index in [2.05, 4.69) is 0 Å². The van der Waals surface area contributed by atoms with Crippen LogP contribution in [0.1, 0.15) is 12.5 Å². The number of carbonyl (C=O) groups is 1. The van der Waals surface area contributed by atoms with Crippen molar-refractivity contribution in [3.8, 4) is 5.75 Å². The van der Waals surface area contributed by atoms with Crippen LogP contribution in [-0.4, -0.2) is 12.1 Å². The van der Waals surface area contributed by atoms with E-state index in [0.717, 1.165) is 5.56 Å². The van der Waals surface area contributed by atoms with E-state index in [4.69, 9.17) is 15.2 Å². The van der Waals surface area contributed by atoms with Gasteiger partial charge in [-0.1, -0.05) is 30.3 Å². The van der Waals surface area contributed by atoms with E-state index >= 15 is 0 Å². The Balaban J connectivity index is 1.84. The lowest BCUT2D eigenvalue weighted by Crippen LogP contribution is -2.26. The third kappa shape index (κ3) is 4.02. The van der Waals surface area contributed by atoms with Crippen LogP contribution in [0.15, 0.2) is 54.6 Å². The maximum absolute atomic E-state index is 11.8. The Hall–Kier alpha value is -2.49. The molecule has 4 heteroatoms. The zero-order valence-corrected chi connectivity index (χ0v) is 11.3. The molecule has 0 spiro atoms.